The van der Waals surface area contributed by atoms with Crippen LogP contribution >= 0.6 is 11.3 Å². The van der Waals surface area contributed by atoms with Gasteiger partial charge in [-0.2, -0.15) is 0 Å². The maximum atomic E-state index is 12.7. The van der Waals surface area contributed by atoms with Gasteiger partial charge in [-0.15, -0.1) is 11.3 Å². The van der Waals surface area contributed by atoms with E-state index in [-0.39, 0.29) is 11.3 Å². The van der Waals surface area contributed by atoms with Gasteiger partial charge in [0, 0.05) is 53.7 Å². The van der Waals surface area contributed by atoms with Gasteiger partial charge in [0.05, 0.1) is 0 Å². The standard InChI is InChI=1S/C24H21N3O3S/c28-20-14-21(27-12-2-1-3-13-27)30-22-19(15-31-23(20)22)16-4-6-17(7-5-16)24(29)26-18-8-10-25-11-9-18/h4-11,14-15H,1-3,12-13H2,(H,25,26,29). The van der Waals surface area contributed by atoms with Crippen molar-refractivity contribution in [2.24, 2.45) is 0 Å². The smallest absolute Gasteiger partial charge is 0.255 e. The number of rotatable bonds is 4. The largest absolute Gasteiger partial charge is 0.439 e. The van der Waals surface area contributed by atoms with E-state index in [4.69, 9.17) is 4.42 Å². The molecule has 0 spiro atoms. The number of carbonyl (C=O) groups is 1. The summed E-state index contributed by atoms with van der Waals surface area (Å²) in [5, 5.41) is 4.80. The number of piperidine rings is 1. The van der Waals surface area contributed by atoms with Crippen molar-refractivity contribution in [3.05, 3.63) is 76.0 Å². The molecular weight excluding hydrogens is 410 g/mol. The van der Waals surface area contributed by atoms with Gasteiger partial charge in [0.15, 0.2) is 11.5 Å². The summed E-state index contributed by atoms with van der Waals surface area (Å²) in [6.07, 6.45) is 6.70. The zero-order chi connectivity index (χ0) is 21.2. The molecule has 3 aromatic heterocycles. The Bertz CT molecular complexity index is 1270. The number of hydrogen-bond acceptors (Lipinski definition) is 6. The molecule has 1 saturated heterocycles. The first kappa shape index (κ1) is 19.5. The number of anilines is 2. The Balaban J connectivity index is 1.44. The van der Waals surface area contributed by atoms with Crippen LogP contribution in [0, 0.1) is 0 Å². The van der Waals surface area contributed by atoms with Crippen molar-refractivity contribution >= 4 is 39.1 Å². The third-order valence-electron chi connectivity index (χ3n) is 5.49. The quantitative estimate of drug-likeness (QED) is 0.483. The lowest BCUT2D eigenvalue weighted by Gasteiger charge is -2.26. The van der Waals surface area contributed by atoms with Gasteiger partial charge < -0.3 is 14.6 Å². The van der Waals surface area contributed by atoms with E-state index < -0.39 is 0 Å². The van der Waals surface area contributed by atoms with Gasteiger partial charge in [0.25, 0.3) is 5.91 Å². The molecule has 7 heteroatoms. The number of amides is 1. The summed E-state index contributed by atoms with van der Waals surface area (Å²) in [6.45, 7) is 1.82. The number of pyridine rings is 1. The van der Waals surface area contributed by atoms with E-state index in [2.05, 4.69) is 15.2 Å². The lowest BCUT2D eigenvalue weighted by atomic mass is 10.1. The predicted molar refractivity (Wildman–Crippen MR) is 124 cm³/mol. The Morgan fingerprint density at radius 2 is 1.77 bits per heavy atom. The second-order valence-corrected chi connectivity index (χ2v) is 8.45. The van der Waals surface area contributed by atoms with Gasteiger partial charge in [-0.25, -0.2) is 0 Å². The normalized spacial score (nSPS) is 14.0. The molecule has 1 N–H and O–H groups in total. The Kier molecular flexibility index (Phi) is 5.26. The summed E-state index contributed by atoms with van der Waals surface area (Å²) in [6, 6.07) is 12.4. The van der Waals surface area contributed by atoms with Crippen molar-refractivity contribution in [3.63, 3.8) is 0 Å². The van der Waals surface area contributed by atoms with Gasteiger partial charge in [0.1, 0.15) is 4.70 Å². The molecule has 0 atom stereocenters. The average Bonchev–Trinajstić information content (AvgIpc) is 3.25. The molecular formula is C24H21N3O3S. The summed E-state index contributed by atoms with van der Waals surface area (Å²) in [7, 11) is 0. The van der Waals surface area contributed by atoms with Crippen molar-refractivity contribution < 1.29 is 9.21 Å². The topological polar surface area (TPSA) is 75.4 Å². The molecule has 1 amide bonds. The minimum absolute atomic E-state index is 0.00794. The SMILES string of the molecule is O=C(Nc1ccncc1)c1ccc(-c2csc3c(=O)cc(N4CCCCC4)oc23)cc1. The van der Waals surface area contributed by atoms with Crippen LogP contribution in [-0.2, 0) is 0 Å². The third-order valence-corrected chi connectivity index (χ3v) is 6.47. The Morgan fingerprint density at radius 3 is 2.52 bits per heavy atom. The van der Waals surface area contributed by atoms with Crippen molar-refractivity contribution in [1.82, 2.24) is 4.98 Å². The summed E-state index contributed by atoms with van der Waals surface area (Å²) in [4.78, 5) is 31.3. The molecule has 0 bridgehead atoms. The number of thiophene rings is 1. The molecule has 1 aliphatic heterocycles. The van der Waals surface area contributed by atoms with E-state index in [0.29, 0.717) is 27.4 Å². The fraction of sp³-hybridized carbons (Fsp3) is 0.208. The highest BCUT2D eigenvalue weighted by atomic mass is 32.1. The molecule has 0 radical (unpaired) electrons. The first-order chi connectivity index (χ1) is 15.2. The highest BCUT2D eigenvalue weighted by molar-refractivity contribution is 7.17. The Hall–Kier alpha value is -3.45. The van der Waals surface area contributed by atoms with E-state index in [1.807, 2.05) is 17.5 Å². The number of nitrogens with zero attached hydrogens (tertiary/aromatic N) is 2. The molecule has 4 aromatic rings. The summed E-state index contributed by atoms with van der Waals surface area (Å²) in [5.41, 5.74) is 3.64. The van der Waals surface area contributed by atoms with Crippen LogP contribution in [0.4, 0.5) is 11.6 Å². The minimum Gasteiger partial charge on any atom is -0.439 e. The number of fused-ring (bicyclic) bond motifs is 1. The molecule has 5 rings (SSSR count). The average molecular weight is 432 g/mol. The number of hydrogen-bond donors (Lipinski definition) is 1. The molecule has 0 unspecified atom stereocenters. The molecule has 1 fully saturated rings. The van der Waals surface area contributed by atoms with E-state index in [1.165, 1.54) is 17.8 Å². The van der Waals surface area contributed by atoms with Crippen LogP contribution in [0.5, 0.6) is 0 Å². The highest BCUT2D eigenvalue weighted by Crippen LogP contribution is 2.35. The van der Waals surface area contributed by atoms with Crippen molar-refractivity contribution in [2.75, 3.05) is 23.3 Å². The van der Waals surface area contributed by atoms with E-state index in [9.17, 15) is 9.59 Å². The summed E-state index contributed by atoms with van der Waals surface area (Å²) >= 11 is 1.39. The summed E-state index contributed by atoms with van der Waals surface area (Å²) in [5.74, 6) is 0.456. The lowest BCUT2D eigenvalue weighted by molar-refractivity contribution is 0.102. The van der Waals surface area contributed by atoms with Gasteiger partial charge in [0.2, 0.25) is 5.43 Å². The van der Waals surface area contributed by atoms with Crippen molar-refractivity contribution in [2.45, 2.75) is 19.3 Å². The third kappa shape index (κ3) is 3.96. The molecule has 31 heavy (non-hydrogen) atoms. The zero-order valence-corrected chi connectivity index (χ0v) is 17.7. The van der Waals surface area contributed by atoms with Gasteiger partial charge >= 0.3 is 0 Å². The van der Waals surface area contributed by atoms with E-state index >= 15 is 0 Å². The number of aromatic nitrogens is 1. The molecule has 4 heterocycles. The van der Waals surface area contributed by atoms with Gasteiger partial charge in [-0.1, -0.05) is 12.1 Å². The monoisotopic (exact) mass is 431 g/mol. The number of nitrogens with one attached hydrogen (secondary N) is 1. The van der Waals surface area contributed by atoms with Crippen LogP contribution in [0.15, 0.2) is 69.5 Å². The van der Waals surface area contributed by atoms with E-state index in [0.717, 1.165) is 37.1 Å². The van der Waals surface area contributed by atoms with E-state index in [1.54, 1.807) is 42.7 Å². The Morgan fingerprint density at radius 1 is 1.03 bits per heavy atom. The van der Waals surface area contributed by atoms with Crippen LogP contribution in [-0.4, -0.2) is 24.0 Å². The maximum Gasteiger partial charge on any atom is 0.255 e. The molecule has 0 aliphatic carbocycles. The minimum atomic E-state index is -0.188. The van der Waals surface area contributed by atoms with Gasteiger partial charge in [-0.05, 0) is 49.1 Å². The maximum absolute atomic E-state index is 12.7. The molecule has 1 aliphatic rings. The molecule has 0 saturated carbocycles. The second-order valence-electron chi connectivity index (χ2n) is 7.57. The second kappa shape index (κ2) is 8.35. The summed E-state index contributed by atoms with van der Waals surface area (Å²) < 4.78 is 6.84. The van der Waals surface area contributed by atoms with Gasteiger partial charge in [-0.3, -0.25) is 14.6 Å². The highest BCUT2D eigenvalue weighted by Gasteiger charge is 2.18. The predicted octanol–water partition coefficient (Wildman–Crippen LogP) is 5.16. The van der Waals surface area contributed by atoms with Crippen LogP contribution < -0.4 is 15.6 Å². The molecule has 6 nitrogen and oxygen atoms in total. The zero-order valence-electron chi connectivity index (χ0n) is 16.8. The molecule has 156 valence electrons. The number of carbonyl (C=O) groups excluding carboxylic acids is 1. The lowest BCUT2D eigenvalue weighted by Crippen LogP contribution is -2.29. The fourth-order valence-electron chi connectivity index (χ4n) is 3.84. The Labute approximate surface area is 183 Å². The van der Waals surface area contributed by atoms with Crippen molar-refractivity contribution in [1.29, 1.82) is 0 Å². The fourth-order valence-corrected chi connectivity index (χ4v) is 4.75. The number of benzene rings is 1. The van der Waals surface area contributed by atoms with Crippen LogP contribution in [0.3, 0.4) is 0 Å². The van der Waals surface area contributed by atoms with Crippen LogP contribution in [0.2, 0.25) is 0 Å². The first-order valence-corrected chi connectivity index (χ1v) is 11.2. The first-order valence-electron chi connectivity index (χ1n) is 10.3. The van der Waals surface area contributed by atoms with Crippen molar-refractivity contribution in [3.8, 4) is 11.1 Å². The molecule has 1 aromatic carbocycles. The van der Waals surface area contributed by atoms with Crippen LogP contribution in [0.25, 0.3) is 21.4 Å². The van der Waals surface area contributed by atoms with Crippen LogP contribution in [0.1, 0.15) is 29.6 Å².